The van der Waals surface area contributed by atoms with Gasteiger partial charge in [0.05, 0.1) is 11.3 Å². The van der Waals surface area contributed by atoms with Crippen molar-refractivity contribution in [2.75, 3.05) is 5.73 Å². The van der Waals surface area contributed by atoms with E-state index in [0.717, 1.165) is 10.0 Å². The van der Waals surface area contributed by atoms with Crippen molar-refractivity contribution in [3.05, 3.63) is 27.7 Å². The summed E-state index contributed by atoms with van der Waals surface area (Å²) >= 11 is 5.38. The van der Waals surface area contributed by atoms with Gasteiger partial charge in [0.1, 0.15) is 0 Å². The summed E-state index contributed by atoms with van der Waals surface area (Å²) in [5, 5.41) is 8.81. The second-order valence-corrected chi connectivity index (χ2v) is 4.14. The van der Waals surface area contributed by atoms with Crippen molar-refractivity contribution in [3.8, 4) is 0 Å². The van der Waals surface area contributed by atoms with E-state index in [1.807, 2.05) is 6.07 Å². The highest BCUT2D eigenvalue weighted by Crippen LogP contribution is 2.25. The molecule has 3 nitrogen and oxygen atoms in total. The standard InChI is InChI=1S/C8H7BrINO2/c9-5-1-4(3-10)7(11)6(2-5)8(12)13/h1-2H,3,11H2,(H,12,13). The van der Waals surface area contributed by atoms with Gasteiger partial charge < -0.3 is 10.8 Å². The molecular weight excluding hydrogens is 349 g/mol. The van der Waals surface area contributed by atoms with Crippen molar-refractivity contribution in [3.63, 3.8) is 0 Å². The maximum atomic E-state index is 10.7. The number of nitrogens with two attached hydrogens (primary N) is 1. The number of rotatable bonds is 2. The lowest BCUT2D eigenvalue weighted by Gasteiger charge is -2.06. The number of halogens is 2. The molecule has 1 rings (SSSR count). The zero-order chi connectivity index (χ0) is 10.0. The van der Waals surface area contributed by atoms with Crippen molar-refractivity contribution >= 4 is 50.2 Å². The van der Waals surface area contributed by atoms with E-state index in [1.165, 1.54) is 6.07 Å². The number of hydrogen-bond acceptors (Lipinski definition) is 2. The third-order valence-electron chi connectivity index (χ3n) is 1.60. The molecule has 0 heterocycles. The number of nitrogen functional groups attached to an aromatic ring is 1. The molecule has 0 aliphatic heterocycles. The first kappa shape index (κ1) is 10.8. The van der Waals surface area contributed by atoms with E-state index in [0.29, 0.717) is 10.1 Å². The third-order valence-corrected chi connectivity index (χ3v) is 2.88. The Morgan fingerprint density at radius 2 is 2.23 bits per heavy atom. The maximum absolute atomic E-state index is 10.7. The molecule has 1 aromatic rings. The Morgan fingerprint density at radius 1 is 1.62 bits per heavy atom. The molecule has 0 aliphatic carbocycles. The smallest absolute Gasteiger partial charge is 0.337 e. The normalized spacial score (nSPS) is 10.0. The summed E-state index contributed by atoms with van der Waals surface area (Å²) in [6.07, 6.45) is 0. The summed E-state index contributed by atoms with van der Waals surface area (Å²) < 4.78 is 1.44. The van der Waals surface area contributed by atoms with Gasteiger partial charge in [0.15, 0.2) is 0 Å². The van der Waals surface area contributed by atoms with Crippen molar-refractivity contribution in [1.82, 2.24) is 0 Å². The molecule has 3 N–H and O–H groups in total. The van der Waals surface area contributed by atoms with Gasteiger partial charge in [-0.05, 0) is 17.7 Å². The Kier molecular flexibility index (Phi) is 3.55. The number of benzene rings is 1. The van der Waals surface area contributed by atoms with Gasteiger partial charge in [-0.3, -0.25) is 0 Å². The summed E-state index contributed by atoms with van der Waals surface area (Å²) in [5.74, 6) is -0.995. The van der Waals surface area contributed by atoms with E-state index in [-0.39, 0.29) is 5.56 Å². The van der Waals surface area contributed by atoms with E-state index < -0.39 is 5.97 Å². The molecule has 0 fully saturated rings. The SMILES string of the molecule is Nc1c(CI)cc(Br)cc1C(=O)O. The molecule has 0 atom stereocenters. The van der Waals surface area contributed by atoms with Crippen LogP contribution >= 0.6 is 38.5 Å². The molecule has 1 aromatic carbocycles. The molecule has 0 spiro atoms. The number of carboxylic acid groups (broad SMARTS) is 1. The van der Waals surface area contributed by atoms with Crippen LogP contribution in [0.3, 0.4) is 0 Å². The highest BCUT2D eigenvalue weighted by atomic mass is 127. The van der Waals surface area contributed by atoms with Gasteiger partial charge in [0.2, 0.25) is 0 Å². The van der Waals surface area contributed by atoms with Gasteiger partial charge in [0, 0.05) is 8.90 Å². The Balaban J connectivity index is 3.35. The summed E-state index contributed by atoms with van der Waals surface area (Å²) in [4.78, 5) is 10.7. The van der Waals surface area contributed by atoms with Crippen LogP contribution in [-0.4, -0.2) is 11.1 Å². The van der Waals surface area contributed by atoms with Crippen LogP contribution in [0.2, 0.25) is 0 Å². The molecule has 0 aromatic heterocycles. The lowest BCUT2D eigenvalue weighted by molar-refractivity contribution is 0.0698. The van der Waals surface area contributed by atoms with Gasteiger partial charge in [-0.2, -0.15) is 0 Å². The molecule has 0 radical (unpaired) electrons. The molecule has 0 saturated carbocycles. The molecule has 0 aliphatic rings. The maximum Gasteiger partial charge on any atom is 0.337 e. The van der Waals surface area contributed by atoms with E-state index in [9.17, 15) is 4.79 Å². The zero-order valence-corrected chi connectivity index (χ0v) is 10.3. The first-order valence-corrected chi connectivity index (χ1v) is 5.75. The monoisotopic (exact) mass is 355 g/mol. The predicted molar refractivity (Wildman–Crippen MR) is 63.2 cm³/mol. The van der Waals surface area contributed by atoms with E-state index in [1.54, 1.807) is 0 Å². The van der Waals surface area contributed by atoms with E-state index >= 15 is 0 Å². The fourth-order valence-electron chi connectivity index (χ4n) is 0.962. The van der Waals surface area contributed by atoms with Crippen molar-refractivity contribution < 1.29 is 9.90 Å². The summed E-state index contributed by atoms with van der Waals surface area (Å²) in [5.41, 5.74) is 7.00. The largest absolute Gasteiger partial charge is 0.478 e. The average molecular weight is 356 g/mol. The van der Waals surface area contributed by atoms with Crippen molar-refractivity contribution in [2.24, 2.45) is 0 Å². The van der Waals surface area contributed by atoms with Crippen LogP contribution in [0.25, 0.3) is 0 Å². The number of aromatic carboxylic acids is 1. The predicted octanol–water partition coefficient (Wildman–Crippen LogP) is 2.66. The number of hydrogen-bond donors (Lipinski definition) is 2. The van der Waals surface area contributed by atoms with Gasteiger partial charge in [-0.25, -0.2) is 4.79 Å². The van der Waals surface area contributed by atoms with Gasteiger partial charge in [0.25, 0.3) is 0 Å². The molecule has 0 unspecified atom stereocenters. The fraction of sp³-hybridized carbons (Fsp3) is 0.125. The number of anilines is 1. The van der Waals surface area contributed by atoms with Crippen LogP contribution in [0.4, 0.5) is 5.69 Å². The average Bonchev–Trinajstić information content (AvgIpc) is 2.08. The van der Waals surface area contributed by atoms with Gasteiger partial charge in [-0.15, -0.1) is 0 Å². The number of alkyl halides is 1. The topological polar surface area (TPSA) is 63.3 Å². The quantitative estimate of drug-likeness (QED) is 0.487. The van der Waals surface area contributed by atoms with Crippen LogP contribution in [0.1, 0.15) is 15.9 Å². The lowest BCUT2D eigenvalue weighted by Crippen LogP contribution is -2.04. The van der Waals surface area contributed by atoms with Crippen LogP contribution in [-0.2, 0) is 4.43 Å². The van der Waals surface area contributed by atoms with Crippen molar-refractivity contribution in [1.29, 1.82) is 0 Å². The zero-order valence-electron chi connectivity index (χ0n) is 6.55. The summed E-state index contributed by atoms with van der Waals surface area (Å²) in [6.45, 7) is 0. The van der Waals surface area contributed by atoms with Crippen LogP contribution in [0.15, 0.2) is 16.6 Å². The first-order valence-electron chi connectivity index (χ1n) is 3.43. The first-order chi connectivity index (χ1) is 6.06. The highest BCUT2D eigenvalue weighted by molar-refractivity contribution is 14.1. The Morgan fingerprint density at radius 3 is 2.69 bits per heavy atom. The van der Waals surface area contributed by atoms with Crippen molar-refractivity contribution in [2.45, 2.75) is 4.43 Å². The number of carbonyl (C=O) groups is 1. The minimum atomic E-state index is -0.995. The van der Waals surface area contributed by atoms with E-state index in [2.05, 4.69) is 38.5 Å². The van der Waals surface area contributed by atoms with E-state index in [4.69, 9.17) is 10.8 Å². The molecule has 0 saturated heterocycles. The third kappa shape index (κ3) is 2.34. The van der Waals surface area contributed by atoms with Crippen LogP contribution < -0.4 is 5.73 Å². The molecule has 13 heavy (non-hydrogen) atoms. The Labute approximate surface area is 97.6 Å². The fourth-order valence-corrected chi connectivity index (χ4v) is 2.10. The minimum Gasteiger partial charge on any atom is -0.478 e. The second kappa shape index (κ2) is 4.28. The molecule has 5 heteroatoms. The lowest BCUT2D eigenvalue weighted by atomic mass is 10.1. The molecule has 0 bridgehead atoms. The summed E-state index contributed by atoms with van der Waals surface area (Å²) in [7, 11) is 0. The van der Waals surface area contributed by atoms with Gasteiger partial charge >= 0.3 is 5.97 Å². The van der Waals surface area contributed by atoms with Crippen LogP contribution in [0.5, 0.6) is 0 Å². The summed E-state index contributed by atoms with van der Waals surface area (Å²) in [6, 6.07) is 3.34. The Hall–Kier alpha value is -0.300. The van der Waals surface area contributed by atoms with Gasteiger partial charge in [-0.1, -0.05) is 38.5 Å². The minimum absolute atomic E-state index is 0.154. The molecule has 70 valence electrons. The molecule has 0 amide bonds. The molecular formula is C8H7BrINO2. The second-order valence-electron chi connectivity index (χ2n) is 2.46. The highest BCUT2D eigenvalue weighted by Gasteiger charge is 2.11. The van der Waals surface area contributed by atoms with Crippen LogP contribution in [0, 0.1) is 0 Å². The number of carboxylic acids is 1. The Bertz CT molecular complexity index is 354.